The van der Waals surface area contributed by atoms with Gasteiger partial charge in [-0.3, -0.25) is 4.79 Å². The lowest BCUT2D eigenvalue weighted by atomic mass is 10.2. The van der Waals surface area contributed by atoms with Crippen LogP contribution in [0, 0.1) is 0 Å². The maximum atomic E-state index is 11.0. The number of aromatic amines is 1. The van der Waals surface area contributed by atoms with Crippen molar-refractivity contribution in [1.29, 1.82) is 0 Å². The molecule has 4 nitrogen and oxygen atoms in total. The number of ether oxygens (including phenoxy) is 1. The summed E-state index contributed by atoms with van der Waals surface area (Å²) in [6.07, 6.45) is 0. The topological polar surface area (TPSA) is 54.1 Å². The second-order valence-corrected chi connectivity index (χ2v) is 4.66. The number of rotatable bonds is 6. The molecule has 0 radical (unpaired) electrons. The van der Waals surface area contributed by atoms with E-state index in [2.05, 4.69) is 10.3 Å². The van der Waals surface area contributed by atoms with E-state index in [4.69, 9.17) is 4.74 Å². The average molecular weight is 264 g/mol. The summed E-state index contributed by atoms with van der Waals surface area (Å²) in [5.41, 5.74) is 2.04. The first-order valence-electron chi connectivity index (χ1n) is 5.87. The van der Waals surface area contributed by atoms with Gasteiger partial charge in [0.05, 0.1) is 6.61 Å². The third kappa shape index (κ3) is 3.45. The zero-order valence-electron chi connectivity index (χ0n) is 10.2. The highest BCUT2D eigenvalue weighted by Gasteiger charge is 2.02. The molecule has 2 rings (SSSR count). The molecule has 96 valence electrons. The van der Waals surface area contributed by atoms with E-state index >= 15 is 0 Å². The Morgan fingerprint density at radius 2 is 2.17 bits per heavy atom. The van der Waals surface area contributed by atoms with Crippen LogP contribution in [-0.4, -0.2) is 11.6 Å². The predicted molar refractivity (Wildman–Crippen MR) is 73.1 cm³/mol. The minimum absolute atomic E-state index is 0.0125. The second-order valence-electron chi connectivity index (χ2n) is 3.82. The predicted octanol–water partition coefficient (Wildman–Crippen LogP) is 2.12. The van der Waals surface area contributed by atoms with Gasteiger partial charge in [0.25, 0.3) is 0 Å². The van der Waals surface area contributed by atoms with Crippen LogP contribution in [0.3, 0.4) is 0 Å². The van der Waals surface area contributed by atoms with Crippen LogP contribution in [0.1, 0.15) is 18.2 Å². The average Bonchev–Trinajstić information content (AvgIpc) is 2.78. The summed E-state index contributed by atoms with van der Waals surface area (Å²) in [5.74, 6) is 0.909. The summed E-state index contributed by atoms with van der Waals surface area (Å²) in [7, 11) is 0. The van der Waals surface area contributed by atoms with Gasteiger partial charge in [0, 0.05) is 29.7 Å². The van der Waals surface area contributed by atoms with Crippen molar-refractivity contribution in [3.8, 4) is 5.75 Å². The Morgan fingerprint density at radius 1 is 1.33 bits per heavy atom. The molecule has 5 heteroatoms. The zero-order valence-corrected chi connectivity index (χ0v) is 11.0. The molecule has 0 saturated carbocycles. The number of para-hydroxylation sites is 1. The van der Waals surface area contributed by atoms with Gasteiger partial charge in [0.2, 0.25) is 0 Å². The highest BCUT2D eigenvalue weighted by Crippen LogP contribution is 2.17. The summed E-state index contributed by atoms with van der Waals surface area (Å²) in [6, 6.07) is 7.96. The van der Waals surface area contributed by atoms with Crippen molar-refractivity contribution in [2.75, 3.05) is 6.61 Å². The van der Waals surface area contributed by atoms with Gasteiger partial charge in [-0.05, 0) is 13.0 Å². The first kappa shape index (κ1) is 12.9. The van der Waals surface area contributed by atoms with E-state index in [9.17, 15) is 4.79 Å². The van der Waals surface area contributed by atoms with E-state index < -0.39 is 0 Å². The van der Waals surface area contributed by atoms with Crippen LogP contribution in [0.2, 0.25) is 0 Å². The summed E-state index contributed by atoms with van der Waals surface area (Å²) in [5, 5.41) is 5.12. The lowest BCUT2D eigenvalue weighted by molar-refractivity contribution is 0.335. The van der Waals surface area contributed by atoms with Crippen LogP contribution in [0.5, 0.6) is 5.75 Å². The van der Waals surface area contributed by atoms with Gasteiger partial charge in [-0.15, -0.1) is 0 Å². The maximum absolute atomic E-state index is 11.0. The molecule has 0 spiro atoms. The summed E-state index contributed by atoms with van der Waals surface area (Å²) < 4.78 is 5.55. The van der Waals surface area contributed by atoms with Crippen LogP contribution >= 0.6 is 11.3 Å². The SMILES string of the molecule is CCOc1ccccc1CNCc1csc(=O)[nH]1. The summed E-state index contributed by atoms with van der Waals surface area (Å²) in [4.78, 5) is 13.7. The Labute approximate surface area is 110 Å². The normalized spacial score (nSPS) is 10.5. The molecular formula is C13H16N2O2S. The van der Waals surface area contributed by atoms with Gasteiger partial charge in [-0.25, -0.2) is 0 Å². The molecule has 1 aromatic carbocycles. The number of thiazole rings is 1. The molecule has 2 N–H and O–H groups in total. The van der Waals surface area contributed by atoms with E-state index in [-0.39, 0.29) is 4.87 Å². The molecule has 0 saturated heterocycles. The highest BCUT2D eigenvalue weighted by atomic mass is 32.1. The molecule has 0 unspecified atom stereocenters. The molecule has 0 aliphatic rings. The van der Waals surface area contributed by atoms with Crippen LogP contribution in [0.4, 0.5) is 0 Å². The van der Waals surface area contributed by atoms with E-state index in [1.807, 2.05) is 36.6 Å². The number of H-pyrrole nitrogens is 1. The van der Waals surface area contributed by atoms with Crippen molar-refractivity contribution in [3.63, 3.8) is 0 Å². The van der Waals surface area contributed by atoms with Crippen molar-refractivity contribution in [2.45, 2.75) is 20.0 Å². The molecule has 2 aromatic rings. The molecule has 1 aromatic heterocycles. The largest absolute Gasteiger partial charge is 0.494 e. The first-order valence-corrected chi connectivity index (χ1v) is 6.75. The van der Waals surface area contributed by atoms with Crippen molar-refractivity contribution < 1.29 is 4.74 Å². The van der Waals surface area contributed by atoms with Gasteiger partial charge in [0.15, 0.2) is 0 Å². The minimum Gasteiger partial charge on any atom is -0.494 e. The maximum Gasteiger partial charge on any atom is 0.304 e. The Hall–Kier alpha value is -1.59. The molecule has 0 bridgehead atoms. The Bertz CT molecular complexity index is 548. The number of aromatic nitrogens is 1. The molecule has 0 aliphatic carbocycles. The molecule has 0 atom stereocenters. The third-order valence-electron chi connectivity index (χ3n) is 2.47. The number of hydrogen-bond donors (Lipinski definition) is 2. The lowest BCUT2D eigenvalue weighted by Crippen LogP contribution is -2.14. The van der Waals surface area contributed by atoms with Gasteiger partial charge >= 0.3 is 4.87 Å². The van der Waals surface area contributed by atoms with Crippen LogP contribution in [-0.2, 0) is 13.1 Å². The molecule has 0 amide bonds. The molecule has 0 aliphatic heterocycles. The third-order valence-corrected chi connectivity index (χ3v) is 3.19. The fourth-order valence-electron chi connectivity index (χ4n) is 1.68. The summed E-state index contributed by atoms with van der Waals surface area (Å²) in [6.45, 7) is 4.00. The first-order chi connectivity index (χ1) is 8.79. The van der Waals surface area contributed by atoms with Crippen molar-refractivity contribution in [2.24, 2.45) is 0 Å². The standard InChI is InChI=1S/C13H16N2O2S/c1-2-17-12-6-4-3-5-10(12)7-14-8-11-9-18-13(16)15-11/h3-6,9,14H,2,7-8H2,1H3,(H,15,16). The quantitative estimate of drug-likeness (QED) is 0.840. The summed E-state index contributed by atoms with van der Waals surface area (Å²) >= 11 is 1.19. The second kappa shape index (κ2) is 6.37. The Kier molecular flexibility index (Phi) is 4.55. The van der Waals surface area contributed by atoms with E-state index in [1.165, 1.54) is 11.3 Å². The van der Waals surface area contributed by atoms with Crippen LogP contribution in [0.25, 0.3) is 0 Å². The minimum atomic E-state index is -0.0125. The van der Waals surface area contributed by atoms with Gasteiger partial charge in [-0.1, -0.05) is 29.5 Å². The van der Waals surface area contributed by atoms with Crippen molar-refractivity contribution >= 4 is 11.3 Å². The molecular weight excluding hydrogens is 248 g/mol. The highest BCUT2D eigenvalue weighted by molar-refractivity contribution is 7.07. The monoisotopic (exact) mass is 264 g/mol. The fraction of sp³-hybridized carbons (Fsp3) is 0.308. The number of nitrogens with one attached hydrogen (secondary N) is 2. The van der Waals surface area contributed by atoms with Gasteiger partial charge in [0.1, 0.15) is 5.75 Å². The molecule has 0 fully saturated rings. The number of benzene rings is 1. The lowest BCUT2D eigenvalue weighted by Gasteiger charge is -2.10. The van der Waals surface area contributed by atoms with Crippen molar-refractivity contribution in [1.82, 2.24) is 10.3 Å². The molecule has 18 heavy (non-hydrogen) atoms. The van der Waals surface area contributed by atoms with E-state index in [0.717, 1.165) is 17.0 Å². The Morgan fingerprint density at radius 3 is 2.89 bits per heavy atom. The van der Waals surface area contributed by atoms with Crippen molar-refractivity contribution in [3.05, 3.63) is 50.6 Å². The van der Waals surface area contributed by atoms with E-state index in [0.29, 0.717) is 19.7 Å². The smallest absolute Gasteiger partial charge is 0.304 e. The zero-order chi connectivity index (χ0) is 12.8. The van der Waals surface area contributed by atoms with Crippen LogP contribution < -0.4 is 14.9 Å². The Balaban J connectivity index is 1.91. The molecule has 1 heterocycles. The van der Waals surface area contributed by atoms with E-state index in [1.54, 1.807) is 0 Å². The van der Waals surface area contributed by atoms with Crippen LogP contribution in [0.15, 0.2) is 34.4 Å². The fourth-order valence-corrected chi connectivity index (χ4v) is 2.26. The van der Waals surface area contributed by atoms with Gasteiger partial charge in [-0.2, -0.15) is 0 Å². The van der Waals surface area contributed by atoms with Gasteiger partial charge < -0.3 is 15.0 Å². The number of hydrogen-bond acceptors (Lipinski definition) is 4.